The lowest BCUT2D eigenvalue weighted by Crippen LogP contribution is -2.14. The number of allylic oxidation sites excluding steroid dienone is 4. The van der Waals surface area contributed by atoms with E-state index in [2.05, 4.69) is 0 Å². The molecule has 4 aliphatic rings. The summed E-state index contributed by atoms with van der Waals surface area (Å²) in [5, 5.41) is 38.0. The highest BCUT2D eigenvalue weighted by molar-refractivity contribution is 6.57. The maximum Gasteiger partial charge on any atom is 0.311 e. The summed E-state index contributed by atoms with van der Waals surface area (Å²) in [6.07, 6.45) is 1.59. The summed E-state index contributed by atoms with van der Waals surface area (Å²) in [6.45, 7) is 15.1. The van der Waals surface area contributed by atoms with Gasteiger partial charge < -0.3 is 37.9 Å². The molecule has 4 aliphatic carbocycles. The molecule has 0 heterocycles. The molecule has 0 N–H and O–H groups in total. The van der Waals surface area contributed by atoms with Crippen molar-refractivity contribution < 1.29 is 74.6 Å². The molecule has 4 saturated carbocycles. The minimum absolute atomic E-state index is 0.0634. The fourth-order valence-corrected chi connectivity index (χ4v) is 14.3. The van der Waals surface area contributed by atoms with Crippen LogP contribution in [-0.4, -0.2) is 23.9 Å². The van der Waals surface area contributed by atoms with E-state index >= 15 is 0 Å². The lowest BCUT2D eigenvalue weighted by Gasteiger charge is -2.14. The maximum absolute atomic E-state index is 14.2. The molecular weight excluding hydrogens is 1660 g/mol. The van der Waals surface area contributed by atoms with Crippen molar-refractivity contribution >= 4 is 117 Å². The quantitative estimate of drug-likeness (QED) is 0.0310. The minimum Gasteiger partial charge on any atom is -0.454 e. The third kappa shape index (κ3) is 23.1. The van der Waals surface area contributed by atoms with Crippen molar-refractivity contribution in [3.63, 3.8) is 0 Å². The second-order valence-corrected chi connectivity index (χ2v) is 33.4. The first-order valence-electron chi connectivity index (χ1n) is 35.6. The monoisotopic (exact) mass is 1730 g/mol. The van der Waals surface area contributed by atoms with Crippen LogP contribution >= 0.6 is 92.8 Å². The van der Waals surface area contributed by atoms with Crippen LogP contribution in [0.4, 0.5) is 17.6 Å². The molecule has 116 heavy (non-hydrogen) atoms. The first kappa shape index (κ1) is 89.7. The van der Waals surface area contributed by atoms with Crippen LogP contribution in [0.2, 0.25) is 0 Å². The van der Waals surface area contributed by atoms with Gasteiger partial charge in [0, 0.05) is 22.3 Å². The standard InChI is InChI=1S/4C22H18Cl2FNO3/c4*1-22(2)15(11-19(23)24)20(22)21(27)29-18(12-26)13-8-9-16(25)17(10-13)28-14-6-4-3-5-7-14/h4*3-11,15,18,20H,1-2H3/t2*15-,18+,20-;2*15-,18-,20+/m1010/s1. The summed E-state index contributed by atoms with van der Waals surface area (Å²) in [5.74, 6) is -5.55. The van der Waals surface area contributed by atoms with E-state index in [9.17, 15) is 57.8 Å². The van der Waals surface area contributed by atoms with Crippen LogP contribution in [0.25, 0.3) is 0 Å². The van der Waals surface area contributed by atoms with Gasteiger partial charge >= 0.3 is 23.9 Å². The number of benzene rings is 8. The lowest BCUT2D eigenvalue weighted by molar-refractivity contribution is -0.150. The van der Waals surface area contributed by atoms with Crippen LogP contribution in [-0.2, 0) is 38.1 Å². The number of halogens is 12. The number of carbonyl (C=O) groups excluding carboxylic acids is 4. The number of esters is 4. The number of nitrogens with zero attached hydrogens (tertiary/aromatic N) is 4. The van der Waals surface area contributed by atoms with Gasteiger partial charge in [0.25, 0.3) is 0 Å². The van der Waals surface area contributed by atoms with Crippen LogP contribution in [0, 0.1) is 138 Å². The molecule has 8 aromatic carbocycles. The van der Waals surface area contributed by atoms with Crippen LogP contribution in [0.3, 0.4) is 0 Å². The topological polar surface area (TPSA) is 237 Å². The van der Waals surface area contributed by atoms with Gasteiger partial charge in [0.2, 0.25) is 24.4 Å². The molecule has 28 heteroatoms. The van der Waals surface area contributed by atoms with Crippen molar-refractivity contribution in [3.8, 4) is 70.3 Å². The highest BCUT2D eigenvalue weighted by atomic mass is 35.5. The number of rotatable bonds is 24. The Kier molecular flexibility index (Phi) is 30.3. The van der Waals surface area contributed by atoms with E-state index in [1.165, 1.54) is 72.8 Å². The number of hydrogen-bond donors (Lipinski definition) is 0. The van der Waals surface area contributed by atoms with Gasteiger partial charge in [-0.3, -0.25) is 19.2 Å². The van der Waals surface area contributed by atoms with Crippen LogP contribution in [0.1, 0.15) is 102 Å². The molecule has 16 nitrogen and oxygen atoms in total. The molecule has 0 radical (unpaired) electrons. The molecule has 12 atom stereocenters. The Morgan fingerprint density at radius 1 is 0.310 bits per heavy atom. The summed E-state index contributed by atoms with van der Waals surface area (Å²) < 4.78 is 101. The predicted octanol–water partition coefficient (Wildman–Crippen LogP) is 25.3. The highest BCUT2D eigenvalue weighted by Crippen LogP contribution is 2.63. The number of nitriles is 4. The first-order valence-corrected chi connectivity index (χ1v) is 38.6. The second kappa shape index (κ2) is 39.2. The van der Waals surface area contributed by atoms with Crippen molar-refractivity contribution in [2.24, 2.45) is 69.0 Å². The van der Waals surface area contributed by atoms with E-state index in [0.29, 0.717) is 45.3 Å². The molecule has 600 valence electrons. The summed E-state index contributed by atoms with van der Waals surface area (Å²) in [6, 6.07) is 58.1. The average molecular weight is 1740 g/mol. The van der Waals surface area contributed by atoms with Gasteiger partial charge in [0.05, 0.1) is 23.7 Å². The largest absolute Gasteiger partial charge is 0.454 e. The van der Waals surface area contributed by atoms with Crippen molar-refractivity contribution in [1.29, 1.82) is 21.0 Å². The fraction of sp³-hybridized carbons (Fsp3) is 0.273. The van der Waals surface area contributed by atoms with Crippen molar-refractivity contribution in [1.82, 2.24) is 0 Å². The number of ether oxygens (including phenoxy) is 8. The molecule has 4 fully saturated rings. The molecule has 0 unspecified atom stereocenters. The zero-order valence-electron chi connectivity index (χ0n) is 62.9. The number of carbonyl (C=O) groups is 4. The zero-order valence-corrected chi connectivity index (χ0v) is 69.0. The van der Waals surface area contributed by atoms with Crippen molar-refractivity contribution in [3.05, 3.63) is 282 Å². The van der Waals surface area contributed by atoms with E-state index in [1.54, 1.807) is 121 Å². The molecule has 0 amide bonds. The van der Waals surface area contributed by atoms with E-state index in [0.717, 1.165) is 0 Å². The molecule has 8 aromatic rings. The van der Waals surface area contributed by atoms with Crippen molar-refractivity contribution in [2.45, 2.75) is 79.8 Å². The van der Waals surface area contributed by atoms with E-state index in [-0.39, 0.29) is 86.3 Å². The van der Waals surface area contributed by atoms with Gasteiger partial charge in [-0.15, -0.1) is 0 Å². The normalized spacial score (nSPS) is 20.1. The molecule has 12 rings (SSSR count). The third-order valence-corrected chi connectivity index (χ3v) is 21.2. The maximum atomic E-state index is 14.2. The highest BCUT2D eigenvalue weighted by Gasteiger charge is 2.65. The molecule has 0 saturated heterocycles. The third-order valence-electron chi connectivity index (χ3n) is 20.2. The molecule has 0 bridgehead atoms. The summed E-state index contributed by atoms with van der Waals surface area (Å²) in [5.41, 5.74) is -0.258. The summed E-state index contributed by atoms with van der Waals surface area (Å²) >= 11 is 45.7. The van der Waals surface area contributed by atoms with Crippen LogP contribution in [0.5, 0.6) is 46.0 Å². The second-order valence-electron chi connectivity index (χ2n) is 29.3. The Hall–Kier alpha value is -10.2. The predicted molar refractivity (Wildman–Crippen MR) is 432 cm³/mol. The smallest absolute Gasteiger partial charge is 0.311 e. The zero-order chi connectivity index (χ0) is 84.7. The summed E-state index contributed by atoms with van der Waals surface area (Å²) in [7, 11) is 0. The van der Waals surface area contributed by atoms with Gasteiger partial charge in [-0.25, -0.2) is 17.6 Å². The number of hydrogen-bond acceptors (Lipinski definition) is 16. The Morgan fingerprint density at radius 3 is 0.638 bits per heavy atom. The van der Waals surface area contributed by atoms with E-state index in [4.69, 9.17) is 131 Å². The Balaban J connectivity index is 0.000000177. The van der Waals surface area contributed by atoms with Crippen LogP contribution in [0.15, 0.2) is 236 Å². The van der Waals surface area contributed by atoms with Crippen LogP contribution < -0.4 is 18.9 Å². The fourth-order valence-electron chi connectivity index (χ4n) is 13.2. The lowest BCUT2D eigenvalue weighted by atomic mass is 10.1. The van der Waals surface area contributed by atoms with Gasteiger partial charge in [-0.2, -0.15) is 21.0 Å². The molecule has 0 aliphatic heterocycles. The summed E-state index contributed by atoms with van der Waals surface area (Å²) in [4.78, 5) is 50.4. The average Bonchev–Trinajstić information content (AvgIpc) is 1.59. The Labute approximate surface area is 708 Å². The Morgan fingerprint density at radius 2 is 0.483 bits per heavy atom. The van der Waals surface area contributed by atoms with Gasteiger partial charge in [0.15, 0.2) is 46.3 Å². The molecule has 0 aromatic heterocycles. The SMILES string of the molecule is CC1(C)[C@@H](C=C(Cl)Cl)[C@@H]1C(=O)O[C@@H](C#N)c1ccc(F)c(Oc2ccccc2)c1.CC1(C)[C@H](C(=O)O[C@H](C#N)c2ccc(F)c(Oc3ccccc3)c2)[C@@H]1C=C(Cl)Cl.CC1(C)[C@H](C=C(Cl)Cl)[C@@H]1C(=O)O[C@@H](C#N)c1ccc(F)c(Oc2ccccc2)c1.CC1(C)[C@H](C=C(Cl)Cl)[C@H]1C(=O)O[C@H](C#N)c1ccc(F)c(Oc2ccccc2)c1. The molecular formula is C88H72Cl8F4N4O12. The van der Waals surface area contributed by atoms with Gasteiger partial charge in [0.1, 0.15) is 65.2 Å². The minimum atomic E-state index is -1.20. The van der Waals surface area contributed by atoms with Gasteiger partial charge in [-0.1, -0.05) is 245 Å². The Bertz CT molecular complexity index is 4570. The number of para-hydroxylation sites is 4. The van der Waals surface area contributed by atoms with E-state index in [1.807, 2.05) is 104 Å². The van der Waals surface area contributed by atoms with Gasteiger partial charge in [-0.05, 0) is 167 Å². The van der Waals surface area contributed by atoms with E-state index < -0.39 is 95.2 Å². The first-order chi connectivity index (χ1) is 54.9. The van der Waals surface area contributed by atoms with Crippen molar-refractivity contribution in [2.75, 3.05) is 0 Å². The molecule has 0 spiro atoms.